The van der Waals surface area contributed by atoms with Gasteiger partial charge in [0.15, 0.2) is 0 Å². The molecule has 0 unspecified atom stereocenters. The molecular weight excluding hydrogens is 1280 g/mol. The molecule has 1 aliphatic rings. The van der Waals surface area contributed by atoms with Gasteiger partial charge in [-0.05, 0) is 148 Å². The fourth-order valence-electron chi connectivity index (χ4n) is 15.1. The Morgan fingerprint density at radius 2 is 0.450 bits per heavy atom. The second-order valence-electron chi connectivity index (χ2n) is 34.0. The summed E-state index contributed by atoms with van der Waals surface area (Å²) in [6.45, 7) is 41.6. The number of nitrogens with zero attached hydrogens (tertiary/aromatic N) is 2. The fourth-order valence-corrected chi connectivity index (χ4v) is 17.1. The summed E-state index contributed by atoms with van der Waals surface area (Å²) in [6.07, 6.45) is 81.6. The van der Waals surface area contributed by atoms with Gasteiger partial charge in [0, 0.05) is 38.4 Å². The molecule has 0 saturated heterocycles. The molecule has 0 fully saturated rings. The number of unbranched alkanes of at least 4 members (excludes halogenated alkanes) is 45. The molecule has 2 nitrogen and oxygen atoms in total. The Labute approximate surface area is 642 Å². The van der Waals surface area contributed by atoms with Crippen LogP contribution in [0.4, 0.5) is 0 Å². The number of allylic oxidation sites excluding steroid dienone is 2. The number of aryl methyl sites for hydroxylation is 4. The van der Waals surface area contributed by atoms with Crippen molar-refractivity contribution in [1.29, 1.82) is 0 Å². The van der Waals surface area contributed by atoms with Crippen molar-refractivity contribution >= 4 is 27.5 Å². The zero-order chi connectivity index (χ0) is 72.9. The zero-order valence-corrected chi connectivity index (χ0v) is 73.5. The molecule has 0 saturated carbocycles. The van der Waals surface area contributed by atoms with E-state index in [1.807, 2.05) is 0 Å². The summed E-state index contributed by atoms with van der Waals surface area (Å²) < 4.78 is 1.76. The van der Waals surface area contributed by atoms with Crippen LogP contribution in [0.3, 0.4) is 0 Å². The Morgan fingerprint density at radius 1 is 0.260 bits per heavy atom. The van der Waals surface area contributed by atoms with Crippen molar-refractivity contribution in [3.63, 3.8) is 0 Å². The van der Waals surface area contributed by atoms with Crippen molar-refractivity contribution in [2.45, 2.75) is 498 Å². The summed E-state index contributed by atoms with van der Waals surface area (Å²) in [4.78, 5) is 0. The van der Waals surface area contributed by atoms with Gasteiger partial charge in [-0.3, -0.25) is 0 Å². The first-order chi connectivity index (χ1) is 48.1. The van der Waals surface area contributed by atoms with Gasteiger partial charge < -0.3 is 19.4 Å². The fraction of sp³-hybridized carbons (Fsp3) is 0.811. The van der Waals surface area contributed by atoms with Gasteiger partial charge in [0.1, 0.15) is 0 Å². The van der Waals surface area contributed by atoms with E-state index in [1.165, 1.54) is 362 Å². The maximum atomic E-state index is 13.2. The Bertz CT molecular complexity index is 2160. The Hall–Kier alpha value is -1.55. The third kappa shape index (κ3) is 49.3. The molecule has 3 rings (SSSR count). The SMILES string of the molecule is CCCCCCCCCCCCCCCC1=C(c2cc(CCCC)c(CC[Si](C)(C)C)c(CCCC)c2)[N+](=[N-])C(c2cc(CCCC)c(CC[Si](C)(C)C)c(CCCC)c2)=C1CCCC.[CH2-]CCCCCCCCCCCCCCCC.[CH2-]CCCCCCCCCCCCCCCC.[Ni+2]. The molecule has 1 aliphatic heterocycles. The quantitative estimate of drug-likeness (QED) is 0.0273. The third-order valence-corrected chi connectivity index (χ3v) is 25.2. The van der Waals surface area contributed by atoms with Crippen LogP contribution in [0.1, 0.15) is 453 Å². The molecule has 0 radical (unpaired) electrons. The molecule has 0 amide bonds. The molecule has 584 valence electrons. The van der Waals surface area contributed by atoms with E-state index in [-0.39, 0.29) is 16.5 Å². The number of benzene rings is 2. The Kier molecular flexibility index (Phi) is 65.8. The van der Waals surface area contributed by atoms with E-state index in [1.54, 1.807) is 38.1 Å². The molecular formula is C95H176N2NiSi2. The van der Waals surface area contributed by atoms with Crippen molar-refractivity contribution in [2.24, 2.45) is 0 Å². The van der Waals surface area contributed by atoms with E-state index in [9.17, 15) is 5.53 Å². The second kappa shape index (κ2) is 66.8. The minimum Gasteiger partial charge on any atom is -0.493 e. The van der Waals surface area contributed by atoms with E-state index in [0.717, 1.165) is 75.6 Å². The van der Waals surface area contributed by atoms with E-state index in [4.69, 9.17) is 0 Å². The summed E-state index contributed by atoms with van der Waals surface area (Å²) in [6, 6.07) is 13.0. The molecule has 0 atom stereocenters. The predicted octanol–water partition coefficient (Wildman–Crippen LogP) is 34.0. The van der Waals surface area contributed by atoms with Gasteiger partial charge in [0.05, 0.1) is 0 Å². The Balaban J connectivity index is 0.00000228. The molecule has 0 aliphatic carbocycles. The van der Waals surface area contributed by atoms with Gasteiger partial charge in [0.2, 0.25) is 11.4 Å². The van der Waals surface area contributed by atoms with Crippen molar-refractivity contribution < 1.29 is 21.2 Å². The second-order valence-corrected chi connectivity index (χ2v) is 45.3. The smallest absolute Gasteiger partial charge is 0.493 e. The summed E-state index contributed by atoms with van der Waals surface area (Å²) in [7, 11) is -2.45. The predicted molar refractivity (Wildman–Crippen MR) is 459 cm³/mol. The normalized spacial score (nSPS) is 12.6. The van der Waals surface area contributed by atoms with Gasteiger partial charge in [-0.1, -0.05) is 396 Å². The summed E-state index contributed by atoms with van der Waals surface area (Å²) in [5.74, 6) is 0. The molecule has 100 heavy (non-hydrogen) atoms. The van der Waals surface area contributed by atoms with Crippen LogP contribution in [0.5, 0.6) is 0 Å². The number of hydrogen-bond donors (Lipinski definition) is 0. The van der Waals surface area contributed by atoms with Gasteiger partial charge in [-0.25, -0.2) is 4.70 Å². The molecule has 0 aromatic heterocycles. The van der Waals surface area contributed by atoms with Gasteiger partial charge in [0.25, 0.3) is 0 Å². The van der Waals surface area contributed by atoms with Gasteiger partial charge >= 0.3 is 16.5 Å². The summed E-state index contributed by atoms with van der Waals surface area (Å²) in [5.41, 5.74) is 30.4. The minimum absolute atomic E-state index is 0. The van der Waals surface area contributed by atoms with Crippen molar-refractivity contribution in [3.05, 3.63) is 99.3 Å². The average molecular weight is 1460 g/mol. The summed E-state index contributed by atoms with van der Waals surface area (Å²) in [5, 5.41) is 0. The topological polar surface area (TPSA) is 25.3 Å². The van der Waals surface area contributed by atoms with Crippen molar-refractivity contribution in [1.82, 2.24) is 0 Å². The molecule has 2 aromatic rings. The van der Waals surface area contributed by atoms with E-state index in [2.05, 4.69) is 133 Å². The zero-order valence-electron chi connectivity index (χ0n) is 70.5. The maximum Gasteiger partial charge on any atom is 2.00 e. The standard InChI is InChI=1S/C61H106N2Si2.2C17H35.Ni/c1-13-19-25-26-27-28-29-30-31-32-33-34-35-41-59-58(40-24-18-6)60(54-46-50(36-20-14-2)56(42-44-64(7,8)9)51(47-54)37-21-15-3)63(62)61(59)55-48-52(38-22-16-4)57(43-45-65(10,11)12)53(49-55)39-23-17-5;2*1-3-5-7-9-11-13-15-17-16-14-12-10-8-6-4-2;/h46-49H,13-45H2,1-12H3;2*1,3-17H2,2H3;/q;2*-1;+2. The molecule has 0 N–H and O–H groups in total. The average Bonchev–Trinajstić information content (AvgIpc) is 1.59. The van der Waals surface area contributed by atoms with E-state index >= 15 is 0 Å². The maximum absolute atomic E-state index is 13.2. The van der Waals surface area contributed by atoms with Crippen LogP contribution in [0.25, 0.3) is 16.9 Å². The first kappa shape index (κ1) is 98.4. The van der Waals surface area contributed by atoms with Gasteiger partial charge in [-0.15, -0.1) is 0 Å². The largest absolute Gasteiger partial charge is 2.00 e. The van der Waals surface area contributed by atoms with Crippen LogP contribution >= 0.6 is 0 Å². The van der Waals surface area contributed by atoms with Crippen LogP contribution in [-0.4, -0.2) is 20.8 Å². The van der Waals surface area contributed by atoms with Crippen molar-refractivity contribution in [2.75, 3.05) is 0 Å². The molecule has 0 spiro atoms. The first-order valence-electron chi connectivity index (χ1n) is 44.9. The molecule has 5 heteroatoms. The molecule has 2 aromatic carbocycles. The minimum atomic E-state index is -1.23. The number of hydrogen-bond acceptors (Lipinski definition) is 0. The van der Waals surface area contributed by atoms with Crippen LogP contribution in [0.2, 0.25) is 51.4 Å². The molecule has 1 heterocycles. The first-order valence-corrected chi connectivity index (χ1v) is 52.3. The third-order valence-electron chi connectivity index (χ3n) is 21.7. The van der Waals surface area contributed by atoms with E-state index in [0.29, 0.717) is 0 Å². The Morgan fingerprint density at radius 3 is 0.660 bits per heavy atom. The van der Waals surface area contributed by atoms with Crippen LogP contribution < -0.4 is 0 Å². The monoisotopic (exact) mass is 1460 g/mol. The van der Waals surface area contributed by atoms with Crippen LogP contribution in [-0.2, 0) is 55.0 Å². The van der Waals surface area contributed by atoms with E-state index < -0.39 is 16.1 Å². The van der Waals surface area contributed by atoms with Crippen molar-refractivity contribution in [3.8, 4) is 0 Å². The van der Waals surface area contributed by atoms with Gasteiger partial charge in [-0.2, -0.15) is 12.8 Å². The van der Waals surface area contributed by atoms with Crippen LogP contribution in [0.15, 0.2) is 35.4 Å². The molecule has 0 bridgehead atoms. The van der Waals surface area contributed by atoms with Crippen LogP contribution in [0, 0.1) is 13.8 Å². The summed E-state index contributed by atoms with van der Waals surface area (Å²) >= 11 is 0. The number of rotatable bonds is 65.